The lowest BCUT2D eigenvalue weighted by Crippen LogP contribution is -2.35. The zero-order valence-corrected chi connectivity index (χ0v) is 16.9. The van der Waals surface area contributed by atoms with E-state index in [1.165, 1.54) is 18.2 Å². The number of benzene rings is 2. The molecule has 4 rings (SSSR count). The first kappa shape index (κ1) is 19.9. The van der Waals surface area contributed by atoms with Crippen LogP contribution in [0.25, 0.3) is 0 Å². The van der Waals surface area contributed by atoms with Gasteiger partial charge in [0.2, 0.25) is 0 Å². The van der Waals surface area contributed by atoms with E-state index in [1.54, 1.807) is 13.2 Å². The topological polar surface area (TPSA) is 67.4 Å². The van der Waals surface area contributed by atoms with Crippen LogP contribution >= 0.6 is 0 Å². The third-order valence-electron chi connectivity index (χ3n) is 5.53. The van der Waals surface area contributed by atoms with E-state index in [2.05, 4.69) is 10.6 Å². The quantitative estimate of drug-likeness (QED) is 0.788. The van der Waals surface area contributed by atoms with E-state index >= 15 is 0 Å². The van der Waals surface area contributed by atoms with Crippen LogP contribution in [-0.4, -0.2) is 18.8 Å². The summed E-state index contributed by atoms with van der Waals surface area (Å²) in [5.74, 6) is -0.628. The molecule has 0 bridgehead atoms. The Labute approximate surface area is 174 Å². The number of halogens is 1. The predicted octanol–water partition coefficient (Wildman–Crippen LogP) is 4.44. The van der Waals surface area contributed by atoms with Gasteiger partial charge >= 0.3 is 0 Å². The van der Waals surface area contributed by atoms with Crippen molar-refractivity contribution >= 4 is 17.4 Å². The van der Waals surface area contributed by atoms with Gasteiger partial charge in [-0.1, -0.05) is 18.2 Å². The van der Waals surface area contributed by atoms with Crippen LogP contribution in [0.2, 0.25) is 0 Å². The zero-order valence-electron chi connectivity index (χ0n) is 16.9. The van der Waals surface area contributed by atoms with E-state index in [-0.39, 0.29) is 11.7 Å². The Balaban J connectivity index is 1.80. The first-order chi connectivity index (χ1) is 14.5. The molecule has 1 aliphatic heterocycles. The number of rotatable bonds is 4. The lowest BCUT2D eigenvalue weighted by Gasteiger charge is -2.34. The van der Waals surface area contributed by atoms with Crippen LogP contribution in [0.15, 0.2) is 71.1 Å². The van der Waals surface area contributed by atoms with Gasteiger partial charge in [0.25, 0.3) is 5.91 Å². The molecule has 30 heavy (non-hydrogen) atoms. The second-order valence-electron chi connectivity index (χ2n) is 7.51. The number of ether oxygens (including phenoxy) is 1. The summed E-state index contributed by atoms with van der Waals surface area (Å²) in [7, 11) is 1.58. The highest BCUT2D eigenvalue weighted by Crippen LogP contribution is 2.43. The number of allylic oxidation sites excluding steroid dienone is 3. The van der Waals surface area contributed by atoms with Gasteiger partial charge in [-0.15, -0.1) is 0 Å². The van der Waals surface area contributed by atoms with Crippen LogP contribution in [0.3, 0.4) is 0 Å². The lowest BCUT2D eigenvalue weighted by atomic mass is 9.75. The van der Waals surface area contributed by atoms with Gasteiger partial charge < -0.3 is 15.4 Å². The van der Waals surface area contributed by atoms with Crippen LogP contribution in [0.1, 0.15) is 37.7 Å². The normalized spacial score (nSPS) is 18.6. The fraction of sp³-hybridized carbons (Fsp3) is 0.250. The smallest absolute Gasteiger partial charge is 0.254 e. The molecule has 0 saturated heterocycles. The molecule has 1 atom stereocenters. The molecule has 0 unspecified atom stereocenters. The van der Waals surface area contributed by atoms with E-state index in [0.717, 1.165) is 24.1 Å². The second-order valence-corrected chi connectivity index (χ2v) is 7.51. The highest BCUT2D eigenvalue weighted by Gasteiger charge is 2.38. The average molecular weight is 406 g/mol. The van der Waals surface area contributed by atoms with Gasteiger partial charge in [0.1, 0.15) is 11.6 Å². The number of hydrogen-bond acceptors (Lipinski definition) is 4. The third kappa shape index (κ3) is 3.73. The molecule has 1 aliphatic carbocycles. The standard InChI is InChI=1S/C24H23FN2O3/c1-14-21(24(29)27-17-8-4-7-16(25)13-17)22(15-6-3-9-18(12-15)30-2)23-19(26-14)10-5-11-20(23)28/h3-4,6-9,12-13,22,26H,5,10-11H2,1-2H3,(H,27,29)/t22-/m0/s1. The van der Waals surface area contributed by atoms with Crippen LogP contribution < -0.4 is 15.4 Å². The highest BCUT2D eigenvalue weighted by molar-refractivity contribution is 6.09. The van der Waals surface area contributed by atoms with Gasteiger partial charge in [-0.2, -0.15) is 0 Å². The summed E-state index contributed by atoms with van der Waals surface area (Å²) in [5, 5.41) is 6.06. The number of carbonyl (C=O) groups excluding carboxylic acids is 2. The molecule has 0 spiro atoms. The molecule has 2 aromatic rings. The van der Waals surface area contributed by atoms with Crippen molar-refractivity contribution < 1.29 is 18.7 Å². The minimum atomic E-state index is -0.516. The van der Waals surface area contributed by atoms with Gasteiger partial charge in [0.05, 0.1) is 7.11 Å². The number of carbonyl (C=O) groups is 2. The van der Waals surface area contributed by atoms with Gasteiger partial charge in [-0.25, -0.2) is 4.39 Å². The molecule has 0 aromatic heterocycles. The zero-order chi connectivity index (χ0) is 21.3. The van der Waals surface area contributed by atoms with Gasteiger partial charge in [0, 0.05) is 40.6 Å². The number of dihydropyridines is 1. The van der Waals surface area contributed by atoms with E-state index < -0.39 is 11.7 Å². The monoisotopic (exact) mass is 406 g/mol. The summed E-state index contributed by atoms with van der Waals surface area (Å²) < 4.78 is 19.0. The van der Waals surface area contributed by atoms with Crippen molar-refractivity contribution in [2.75, 3.05) is 12.4 Å². The molecule has 0 saturated carbocycles. The van der Waals surface area contributed by atoms with Crippen LogP contribution in [-0.2, 0) is 9.59 Å². The Kier molecular flexibility index (Phi) is 5.40. The molecule has 0 fully saturated rings. The first-order valence-corrected chi connectivity index (χ1v) is 9.93. The Bertz CT molecular complexity index is 1090. The van der Waals surface area contributed by atoms with Crippen LogP contribution in [0, 0.1) is 5.82 Å². The highest BCUT2D eigenvalue weighted by atomic mass is 19.1. The van der Waals surface area contributed by atoms with E-state index in [9.17, 15) is 14.0 Å². The number of nitrogens with one attached hydrogen (secondary N) is 2. The molecule has 1 amide bonds. The second kappa shape index (κ2) is 8.14. The van der Waals surface area contributed by atoms with E-state index in [0.29, 0.717) is 34.7 Å². The maximum atomic E-state index is 13.6. The third-order valence-corrected chi connectivity index (χ3v) is 5.53. The fourth-order valence-corrected chi connectivity index (χ4v) is 4.20. The van der Waals surface area contributed by atoms with Gasteiger partial charge in [0.15, 0.2) is 5.78 Å². The molecule has 2 N–H and O–H groups in total. The van der Waals surface area contributed by atoms with Gasteiger partial charge in [-0.05, 0) is 55.7 Å². The Morgan fingerprint density at radius 3 is 2.73 bits per heavy atom. The summed E-state index contributed by atoms with van der Waals surface area (Å²) in [6, 6.07) is 13.2. The molecule has 1 heterocycles. The molecular weight excluding hydrogens is 383 g/mol. The molecule has 6 heteroatoms. The van der Waals surface area contributed by atoms with Crippen molar-refractivity contribution in [2.24, 2.45) is 0 Å². The number of methoxy groups -OCH3 is 1. The van der Waals surface area contributed by atoms with Crippen molar-refractivity contribution in [2.45, 2.75) is 32.1 Å². The van der Waals surface area contributed by atoms with Crippen LogP contribution in [0.5, 0.6) is 5.75 Å². The maximum absolute atomic E-state index is 13.6. The van der Waals surface area contributed by atoms with Gasteiger partial charge in [-0.3, -0.25) is 9.59 Å². The fourth-order valence-electron chi connectivity index (χ4n) is 4.20. The molecular formula is C24H23FN2O3. The summed E-state index contributed by atoms with van der Waals surface area (Å²) in [6.45, 7) is 1.83. The Morgan fingerprint density at radius 1 is 1.17 bits per heavy atom. The minimum absolute atomic E-state index is 0.0418. The number of amides is 1. The van der Waals surface area contributed by atoms with Crippen molar-refractivity contribution in [1.29, 1.82) is 0 Å². The van der Waals surface area contributed by atoms with Crippen molar-refractivity contribution in [3.63, 3.8) is 0 Å². The van der Waals surface area contributed by atoms with Crippen molar-refractivity contribution in [3.8, 4) is 5.75 Å². The van der Waals surface area contributed by atoms with Crippen molar-refractivity contribution in [3.05, 3.63) is 82.5 Å². The molecule has 154 valence electrons. The molecule has 2 aromatic carbocycles. The summed E-state index contributed by atoms with van der Waals surface area (Å²) in [5.41, 5.74) is 3.80. The summed E-state index contributed by atoms with van der Waals surface area (Å²) in [6.07, 6.45) is 2.00. The first-order valence-electron chi connectivity index (χ1n) is 9.93. The SMILES string of the molecule is COc1cccc([C@H]2C(C(=O)Nc3cccc(F)c3)=C(C)NC3=C2C(=O)CCC3)c1. The Morgan fingerprint density at radius 2 is 1.97 bits per heavy atom. The number of anilines is 1. The minimum Gasteiger partial charge on any atom is -0.497 e. The Hall–Kier alpha value is -3.41. The summed E-state index contributed by atoms with van der Waals surface area (Å²) >= 11 is 0. The van der Waals surface area contributed by atoms with E-state index in [4.69, 9.17) is 4.74 Å². The average Bonchev–Trinajstić information content (AvgIpc) is 2.73. The van der Waals surface area contributed by atoms with Crippen LogP contribution in [0.4, 0.5) is 10.1 Å². The van der Waals surface area contributed by atoms with E-state index in [1.807, 2.05) is 31.2 Å². The van der Waals surface area contributed by atoms with Crippen molar-refractivity contribution in [1.82, 2.24) is 5.32 Å². The largest absolute Gasteiger partial charge is 0.497 e. The molecule has 2 aliphatic rings. The lowest BCUT2D eigenvalue weighted by molar-refractivity contribution is -0.116. The number of ketones is 1. The number of hydrogen-bond donors (Lipinski definition) is 2. The number of Topliss-reactive ketones (excluding diaryl/α,β-unsaturated/α-hetero) is 1. The summed E-state index contributed by atoms with van der Waals surface area (Å²) in [4.78, 5) is 26.2. The molecule has 0 radical (unpaired) electrons. The predicted molar refractivity (Wildman–Crippen MR) is 112 cm³/mol. The molecule has 5 nitrogen and oxygen atoms in total. The maximum Gasteiger partial charge on any atom is 0.254 e.